The van der Waals surface area contributed by atoms with Gasteiger partial charge in [0, 0.05) is 11.6 Å². The van der Waals surface area contributed by atoms with Crippen LogP contribution in [0.5, 0.6) is 5.75 Å². The highest BCUT2D eigenvalue weighted by Crippen LogP contribution is 2.30. The highest BCUT2D eigenvalue weighted by molar-refractivity contribution is 5.92. The summed E-state index contributed by atoms with van der Waals surface area (Å²) in [6, 6.07) is 13.7. The minimum atomic E-state index is -0.974. The average molecular weight is 265 g/mol. The van der Waals surface area contributed by atoms with Crippen LogP contribution in [0.2, 0.25) is 0 Å². The molecule has 0 amide bonds. The van der Waals surface area contributed by atoms with E-state index in [-0.39, 0.29) is 11.3 Å². The van der Waals surface area contributed by atoms with E-state index in [1.165, 1.54) is 6.07 Å². The quantitative estimate of drug-likeness (QED) is 0.745. The Morgan fingerprint density at radius 3 is 2.65 bits per heavy atom. The van der Waals surface area contributed by atoms with E-state index in [9.17, 15) is 9.90 Å². The van der Waals surface area contributed by atoms with E-state index in [1.54, 1.807) is 30.5 Å². The van der Waals surface area contributed by atoms with Crippen LogP contribution < -0.4 is 0 Å². The number of aromatic hydroxyl groups is 1. The Hall–Kier alpha value is -2.88. The van der Waals surface area contributed by atoms with Gasteiger partial charge in [0.15, 0.2) is 0 Å². The molecule has 0 fully saturated rings. The number of hydrogen-bond acceptors (Lipinski definition) is 3. The normalized spacial score (nSPS) is 10.6. The molecule has 0 atom stereocenters. The van der Waals surface area contributed by atoms with E-state index in [1.807, 2.05) is 18.2 Å². The number of pyridine rings is 1. The fraction of sp³-hybridized carbons (Fsp3) is 0. The number of carbonyl (C=O) groups is 1. The fourth-order valence-corrected chi connectivity index (χ4v) is 2.17. The Morgan fingerprint density at radius 2 is 1.85 bits per heavy atom. The van der Waals surface area contributed by atoms with Crippen LogP contribution >= 0.6 is 0 Å². The zero-order valence-electron chi connectivity index (χ0n) is 10.4. The maximum atomic E-state index is 11.0. The maximum Gasteiger partial charge on any atom is 0.335 e. The Bertz CT molecular complexity index is 812. The molecule has 98 valence electrons. The number of carboxylic acid groups (broad SMARTS) is 1. The second-order valence-electron chi connectivity index (χ2n) is 4.46. The number of nitrogens with zero attached hydrogens (tertiary/aromatic N) is 1. The lowest BCUT2D eigenvalue weighted by Crippen LogP contribution is -1.95. The third-order valence-electron chi connectivity index (χ3n) is 3.13. The number of fused-ring (bicyclic) bond motifs is 1. The first-order chi connectivity index (χ1) is 9.65. The predicted octanol–water partition coefficient (Wildman–Crippen LogP) is 3.31. The van der Waals surface area contributed by atoms with Crippen LogP contribution in [0.4, 0.5) is 0 Å². The molecule has 0 aliphatic rings. The lowest BCUT2D eigenvalue weighted by atomic mass is 10.0. The van der Waals surface area contributed by atoms with E-state index < -0.39 is 5.97 Å². The van der Waals surface area contributed by atoms with E-state index in [4.69, 9.17) is 5.11 Å². The molecule has 0 bridgehead atoms. The van der Waals surface area contributed by atoms with Gasteiger partial charge in [-0.1, -0.05) is 18.2 Å². The van der Waals surface area contributed by atoms with Crippen LogP contribution in [0.1, 0.15) is 10.4 Å². The standard InChI is InChI=1S/C16H11NO3/c18-14-9-13(8-11-5-2-6-17-15(11)14)10-3-1-4-12(7-10)16(19)20/h1-9,18H,(H,19,20). The Balaban J connectivity index is 2.19. The summed E-state index contributed by atoms with van der Waals surface area (Å²) in [4.78, 5) is 15.1. The smallest absolute Gasteiger partial charge is 0.335 e. The van der Waals surface area contributed by atoms with Crippen molar-refractivity contribution in [3.05, 3.63) is 60.3 Å². The first kappa shape index (κ1) is 12.2. The summed E-state index contributed by atoms with van der Waals surface area (Å²) in [6.07, 6.45) is 1.62. The summed E-state index contributed by atoms with van der Waals surface area (Å²) in [5, 5.41) is 19.8. The van der Waals surface area contributed by atoms with Gasteiger partial charge in [-0.15, -0.1) is 0 Å². The molecule has 4 heteroatoms. The molecule has 0 radical (unpaired) electrons. The number of phenolic OH excluding ortho intramolecular Hbond substituents is 1. The van der Waals surface area contributed by atoms with Gasteiger partial charge in [0.2, 0.25) is 0 Å². The minimum absolute atomic E-state index is 0.0822. The molecule has 0 unspecified atom stereocenters. The molecular weight excluding hydrogens is 254 g/mol. The Morgan fingerprint density at radius 1 is 1.00 bits per heavy atom. The molecule has 1 heterocycles. The van der Waals surface area contributed by atoms with Crippen molar-refractivity contribution in [2.75, 3.05) is 0 Å². The molecule has 0 aliphatic carbocycles. The molecule has 4 nitrogen and oxygen atoms in total. The van der Waals surface area contributed by atoms with E-state index in [2.05, 4.69) is 4.98 Å². The highest BCUT2D eigenvalue weighted by atomic mass is 16.4. The van der Waals surface area contributed by atoms with E-state index in [0.29, 0.717) is 5.52 Å². The zero-order chi connectivity index (χ0) is 14.1. The van der Waals surface area contributed by atoms with Crippen LogP contribution in [-0.4, -0.2) is 21.2 Å². The first-order valence-corrected chi connectivity index (χ1v) is 6.06. The van der Waals surface area contributed by atoms with Crippen LogP contribution in [0, 0.1) is 0 Å². The predicted molar refractivity (Wildman–Crippen MR) is 75.8 cm³/mol. The molecule has 3 aromatic rings. The molecule has 0 spiro atoms. The van der Waals surface area contributed by atoms with Crippen LogP contribution in [0.25, 0.3) is 22.0 Å². The third-order valence-corrected chi connectivity index (χ3v) is 3.13. The number of phenols is 1. The molecule has 2 aromatic carbocycles. The lowest BCUT2D eigenvalue weighted by molar-refractivity contribution is 0.0697. The van der Waals surface area contributed by atoms with Gasteiger partial charge in [-0.25, -0.2) is 4.79 Å². The van der Waals surface area contributed by atoms with E-state index >= 15 is 0 Å². The summed E-state index contributed by atoms with van der Waals surface area (Å²) in [7, 11) is 0. The van der Waals surface area contributed by atoms with Gasteiger partial charge in [0.1, 0.15) is 11.3 Å². The second kappa shape index (κ2) is 4.66. The first-order valence-electron chi connectivity index (χ1n) is 6.06. The Labute approximate surface area is 115 Å². The van der Waals surface area contributed by atoms with Gasteiger partial charge in [-0.05, 0) is 41.5 Å². The molecule has 2 N–H and O–H groups in total. The molecule has 1 aromatic heterocycles. The van der Waals surface area contributed by atoms with Gasteiger partial charge in [-0.2, -0.15) is 0 Å². The summed E-state index contributed by atoms with van der Waals surface area (Å²) >= 11 is 0. The number of aromatic nitrogens is 1. The number of rotatable bonds is 2. The summed E-state index contributed by atoms with van der Waals surface area (Å²) in [5.41, 5.74) is 2.25. The van der Waals surface area contributed by atoms with Gasteiger partial charge in [0.05, 0.1) is 5.56 Å². The monoisotopic (exact) mass is 265 g/mol. The van der Waals surface area contributed by atoms with Gasteiger partial charge in [-0.3, -0.25) is 4.98 Å². The second-order valence-corrected chi connectivity index (χ2v) is 4.46. The topological polar surface area (TPSA) is 70.4 Å². The van der Waals surface area contributed by atoms with Crippen molar-refractivity contribution in [3.8, 4) is 16.9 Å². The van der Waals surface area contributed by atoms with Crippen molar-refractivity contribution in [3.63, 3.8) is 0 Å². The van der Waals surface area contributed by atoms with Gasteiger partial charge < -0.3 is 10.2 Å². The molecule has 0 aliphatic heterocycles. The van der Waals surface area contributed by atoms with E-state index in [0.717, 1.165) is 16.5 Å². The maximum absolute atomic E-state index is 11.0. The van der Waals surface area contributed by atoms with Crippen molar-refractivity contribution in [1.82, 2.24) is 4.98 Å². The van der Waals surface area contributed by atoms with Gasteiger partial charge >= 0.3 is 5.97 Å². The Kier molecular flexibility index (Phi) is 2.84. The largest absolute Gasteiger partial charge is 0.506 e. The summed E-state index contributed by atoms with van der Waals surface area (Å²) in [6.45, 7) is 0. The molecule has 3 rings (SSSR count). The highest BCUT2D eigenvalue weighted by Gasteiger charge is 2.08. The van der Waals surface area contributed by atoms with Gasteiger partial charge in [0.25, 0.3) is 0 Å². The van der Waals surface area contributed by atoms with Crippen LogP contribution in [0.3, 0.4) is 0 Å². The number of carboxylic acids is 1. The van der Waals surface area contributed by atoms with Crippen LogP contribution in [0.15, 0.2) is 54.7 Å². The summed E-state index contributed by atoms with van der Waals surface area (Å²) in [5.74, 6) is -0.891. The van der Waals surface area contributed by atoms with Crippen molar-refractivity contribution in [1.29, 1.82) is 0 Å². The summed E-state index contributed by atoms with van der Waals surface area (Å²) < 4.78 is 0. The van der Waals surface area contributed by atoms with Crippen molar-refractivity contribution >= 4 is 16.9 Å². The SMILES string of the molecule is O=C(O)c1cccc(-c2cc(O)c3ncccc3c2)c1. The van der Waals surface area contributed by atoms with Crippen LogP contribution in [-0.2, 0) is 0 Å². The number of hydrogen-bond donors (Lipinski definition) is 2. The molecule has 0 saturated heterocycles. The molecule has 20 heavy (non-hydrogen) atoms. The van der Waals surface area contributed by atoms with Crippen molar-refractivity contribution in [2.24, 2.45) is 0 Å². The number of aromatic carboxylic acids is 1. The van der Waals surface area contributed by atoms with Crippen molar-refractivity contribution < 1.29 is 15.0 Å². The minimum Gasteiger partial charge on any atom is -0.506 e. The fourth-order valence-electron chi connectivity index (χ4n) is 2.17. The average Bonchev–Trinajstić information content (AvgIpc) is 2.47. The zero-order valence-corrected chi connectivity index (χ0v) is 10.4. The number of benzene rings is 2. The van der Waals surface area contributed by atoms with Crippen molar-refractivity contribution in [2.45, 2.75) is 0 Å². The third kappa shape index (κ3) is 2.07. The molecule has 0 saturated carbocycles. The lowest BCUT2D eigenvalue weighted by Gasteiger charge is -2.06. The molecular formula is C16H11NO3.